The third kappa shape index (κ3) is 2.41. The van der Waals surface area contributed by atoms with Gasteiger partial charge in [-0.2, -0.15) is 0 Å². The zero-order valence-electron chi connectivity index (χ0n) is 10.8. The molecule has 0 aliphatic carbocycles. The molecular weight excluding hydrogens is 240 g/mol. The van der Waals surface area contributed by atoms with Crippen molar-refractivity contribution in [2.75, 3.05) is 0 Å². The summed E-state index contributed by atoms with van der Waals surface area (Å²) in [4.78, 5) is 8.91. The molecule has 1 aromatic carbocycles. The number of benzene rings is 1. The third-order valence-electron chi connectivity index (χ3n) is 2.62. The molecule has 2 nitrogen and oxygen atoms in total. The van der Waals surface area contributed by atoms with Gasteiger partial charge in [0.2, 0.25) is 0 Å². The van der Waals surface area contributed by atoms with Crippen LogP contribution in [0.1, 0.15) is 19.4 Å². The van der Waals surface area contributed by atoms with Crippen molar-refractivity contribution < 1.29 is 0 Å². The van der Waals surface area contributed by atoms with Gasteiger partial charge in [-0.15, -0.1) is 11.3 Å². The number of thiazole rings is 1. The molecule has 0 aliphatic heterocycles. The van der Waals surface area contributed by atoms with Gasteiger partial charge in [0.25, 0.3) is 0 Å². The van der Waals surface area contributed by atoms with Crippen molar-refractivity contribution in [2.24, 2.45) is 0 Å². The minimum absolute atomic E-state index is 0.956. The van der Waals surface area contributed by atoms with Crippen molar-refractivity contribution >= 4 is 22.2 Å². The number of para-hydroxylation sites is 1. The number of nitrogens with zero attached hydrogens (tertiary/aromatic N) is 2. The van der Waals surface area contributed by atoms with Crippen LogP contribution >= 0.6 is 11.3 Å². The molecule has 2 heterocycles. The van der Waals surface area contributed by atoms with E-state index in [-0.39, 0.29) is 0 Å². The summed E-state index contributed by atoms with van der Waals surface area (Å²) in [5, 5.41) is 3.23. The van der Waals surface area contributed by atoms with Crippen molar-refractivity contribution in [1.82, 2.24) is 9.97 Å². The van der Waals surface area contributed by atoms with E-state index in [4.69, 9.17) is 0 Å². The van der Waals surface area contributed by atoms with Gasteiger partial charge in [0.15, 0.2) is 0 Å². The minimum Gasteiger partial charge on any atom is -0.246 e. The number of aromatic nitrogens is 2. The van der Waals surface area contributed by atoms with E-state index in [1.807, 2.05) is 42.9 Å². The molecule has 92 valence electrons. The van der Waals surface area contributed by atoms with Crippen LogP contribution in [0.2, 0.25) is 0 Å². The molecule has 2 aromatic heterocycles. The van der Waals surface area contributed by atoms with E-state index in [1.165, 1.54) is 10.9 Å². The van der Waals surface area contributed by atoms with E-state index in [0.717, 1.165) is 16.9 Å². The quantitative estimate of drug-likeness (QED) is 0.631. The zero-order chi connectivity index (χ0) is 13.0. The lowest BCUT2D eigenvalue weighted by Crippen LogP contribution is -1.88. The Labute approximate surface area is 111 Å². The van der Waals surface area contributed by atoms with Gasteiger partial charge in [-0.1, -0.05) is 32.0 Å². The van der Waals surface area contributed by atoms with Gasteiger partial charge in [-0.3, -0.25) is 0 Å². The Morgan fingerprint density at radius 3 is 2.56 bits per heavy atom. The molecule has 0 saturated heterocycles. The van der Waals surface area contributed by atoms with Gasteiger partial charge in [0, 0.05) is 10.8 Å². The summed E-state index contributed by atoms with van der Waals surface area (Å²) in [6.07, 6.45) is 0. The highest BCUT2D eigenvalue weighted by Gasteiger charge is 2.05. The number of fused-ring (bicyclic) bond motifs is 1. The Hall–Kier alpha value is -1.74. The van der Waals surface area contributed by atoms with Crippen molar-refractivity contribution in [2.45, 2.75) is 20.8 Å². The van der Waals surface area contributed by atoms with Crippen molar-refractivity contribution in [3.05, 3.63) is 46.8 Å². The second kappa shape index (κ2) is 5.74. The maximum absolute atomic E-state index is 4.62. The molecular formula is C15H16N2S. The minimum atomic E-state index is 0.956. The average Bonchev–Trinajstić information content (AvgIpc) is 2.95. The van der Waals surface area contributed by atoms with Crippen LogP contribution in [-0.4, -0.2) is 9.97 Å². The lowest BCUT2D eigenvalue weighted by Gasteiger charge is -2.04. The first-order valence-electron chi connectivity index (χ1n) is 6.09. The standard InChI is InChI=1S/C13H10N2S.C2H6/c1-9-6-12(13-7-16-8-14-13)15-11-5-3-2-4-10(9)11;1-2/h2-8H,1H3;1-2H3. The first kappa shape index (κ1) is 12.7. The van der Waals surface area contributed by atoms with Gasteiger partial charge in [0.1, 0.15) is 0 Å². The molecule has 3 rings (SSSR count). The highest BCUT2D eigenvalue weighted by Crippen LogP contribution is 2.23. The fourth-order valence-corrected chi connectivity index (χ4v) is 2.37. The summed E-state index contributed by atoms with van der Waals surface area (Å²) in [5.41, 5.74) is 6.03. The summed E-state index contributed by atoms with van der Waals surface area (Å²) >= 11 is 1.59. The molecule has 0 saturated carbocycles. The molecule has 18 heavy (non-hydrogen) atoms. The fourth-order valence-electron chi connectivity index (χ4n) is 1.82. The first-order chi connectivity index (χ1) is 8.84. The number of hydrogen-bond acceptors (Lipinski definition) is 3. The molecule has 0 aliphatic rings. The maximum atomic E-state index is 4.62. The molecule has 0 radical (unpaired) electrons. The summed E-state index contributed by atoms with van der Waals surface area (Å²) in [6.45, 7) is 6.11. The van der Waals surface area contributed by atoms with E-state index in [0.29, 0.717) is 0 Å². The highest BCUT2D eigenvalue weighted by molar-refractivity contribution is 7.07. The SMILES string of the molecule is CC.Cc1cc(-c2cscn2)nc2ccccc12. The van der Waals surface area contributed by atoms with Crippen LogP contribution in [0, 0.1) is 6.92 Å². The second-order valence-electron chi connectivity index (χ2n) is 3.72. The topological polar surface area (TPSA) is 25.8 Å². The molecule has 3 heteroatoms. The average molecular weight is 256 g/mol. The molecule has 0 spiro atoms. The van der Waals surface area contributed by atoms with Crippen LogP contribution in [0.4, 0.5) is 0 Å². The molecule has 0 atom stereocenters. The molecule has 0 N–H and O–H groups in total. The number of pyridine rings is 1. The Morgan fingerprint density at radius 1 is 1.06 bits per heavy atom. The largest absolute Gasteiger partial charge is 0.246 e. The molecule has 0 fully saturated rings. The van der Waals surface area contributed by atoms with E-state index in [2.05, 4.69) is 29.0 Å². The van der Waals surface area contributed by atoms with Gasteiger partial charge >= 0.3 is 0 Å². The summed E-state index contributed by atoms with van der Waals surface area (Å²) in [5.74, 6) is 0. The van der Waals surface area contributed by atoms with E-state index in [9.17, 15) is 0 Å². The molecule has 0 bridgehead atoms. The number of aryl methyl sites for hydroxylation is 1. The summed E-state index contributed by atoms with van der Waals surface area (Å²) in [6, 6.07) is 10.3. The smallest absolute Gasteiger partial charge is 0.0995 e. The summed E-state index contributed by atoms with van der Waals surface area (Å²) < 4.78 is 0. The van der Waals surface area contributed by atoms with E-state index in [1.54, 1.807) is 11.3 Å². The highest BCUT2D eigenvalue weighted by atomic mass is 32.1. The van der Waals surface area contributed by atoms with Crippen LogP contribution in [0.15, 0.2) is 41.2 Å². The van der Waals surface area contributed by atoms with Crippen LogP contribution in [0.3, 0.4) is 0 Å². The van der Waals surface area contributed by atoms with Crippen LogP contribution in [-0.2, 0) is 0 Å². The molecule has 0 unspecified atom stereocenters. The van der Waals surface area contributed by atoms with Gasteiger partial charge in [-0.05, 0) is 24.6 Å². The van der Waals surface area contributed by atoms with Crippen LogP contribution in [0.25, 0.3) is 22.3 Å². The number of rotatable bonds is 1. The number of hydrogen-bond donors (Lipinski definition) is 0. The lowest BCUT2D eigenvalue weighted by molar-refractivity contribution is 1.31. The first-order valence-corrected chi connectivity index (χ1v) is 7.04. The van der Waals surface area contributed by atoms with Crippen molar-refractivity contribution in [1.29, 1.82) is 0 Å². The lowest BCUT2D eigenvalue weighted by atomic mass is 10.1. The Kier molecular flexibility index (Phi) is 4.05. The molecule has 3 aromatic rings. The summed E-state index contributed by atoms with van der Waals surface area (Å²) in [7, 11) is 0. The zero-order valence-corrected chi connectivity index (χ0v) is 11.7. The monoisotopic (exact) mass is 256 g/mol. The van der Waals surface area contributed by atoms with Gasteiger partial charge < -0.3 is 0 Å². The maximum Gasteiger partial charge on any atom is 0.0995 e. The second-order valence-corrected chi connectivity index (χ2v) is 4.43. The van der Waals surface area contributed by atoms with Crippen LogP contribution in [0.5, 0.6) is 0 Å². The van der Waals surface area contributed by atoms with E-state index >= 15 is 0 Å². The van der Waals surface area contributed by atoms with Gasteiger partial charge in [0.05, 0.1) is 22.4 Å². The van der Waals surface area contributed by atoms with Crippen LogP contribution < -0.4 is 0 Å². The fraction of sp³-hybridized carbons (Fsp3) is 0.200. The van der Waals surface area contributed by atoms with Crippen molar-refractivity contribution in [3.63, 3.8) is 0 Å². The normalized spacial score (nSPS) is 9.94. The van der Waals surface area contributed by atoms with Gasteiger partial charge in [-0.25, -0.2) is 9.97 Å². The molecule has 0 amide bonds. The van der Waals surface area contributed by atoms with Crippen molar-refractivity contribution in [3.8, 4) is 11.4 Å². The Balaban J connectivity index is 0.000000574. The Bertz CT molecular complexity index is 630. The third-order valence-corrected chi connectivity index (χ3v) is 3.20. The van der Waals surface area contributed by atoms with E-state index < -0.39 is 0 Å². The Morgan fingerprint density at radius 2 is 1.83 bits per heavy atom. The predicted molar refractivity (Wildman–Crippen MR) is 78.9 cm³/mol. The predicted octanol–water partition coefficient (Wildman–Crippen LogP) is 4.69.